The fourth-order valence-electron chi connectivity index (χ4n) is 8.82. The van der Waals surface area contributed by atoms with E-state index in [1.165, 1.54) is 33.4 Å². The van der Waals surface area contributed by atoms with E-state index in [-0.39, 0.29) is 5.41 Å². The van der Waals surface area contributed by atoms with Crippen molar-refractivity contribution < 1.29 is 4.42 Å². The van der Waals surface area contributed by atoms with Gasteiger partial charge in [-0.25, -0.2) is 9.97 Å². The highest BCUT2D eigenvalue weighted by molar-refractivity contribution is 6.06. The maximum atomic E-state index is 6.38. The molecule has 3 heteroatoms. The van der Waals surface area contributed by atoms with E-state index in [2.05, 4.69) is 178 Å². The number of furan rings is 1. The van der Waals surface area contributed by atoms with Crippen molar-refractivity contribution >= 4 is 21.9 Å². The van der Waals surface area contributed by atoms with Gasteiger partial charge in [-0.3, -0.25) is 0 Å². The van der Waals surface area contributed by atoms with Crippen molar-refractivity contribution in [2.75, 3.05) is 0 Å². The molecule has 0 amide bonds. The molecule has 274 valence electrons. The molecule has 0 spiro atoms. The second kappa shape index (κ2) is 13.4. The van der Waals surface area contributed by atoms with Crippen LogP contribution in [0.5, 0.6) is 0 Å². The predicted molar refractivity (Wildman–Crippen MR) is 239 cm³/mol. The molecule has 58 heavy (non-hydrogen) atoms. The summed E-state index contributed by atoms with van der Waals surface area (Å²) in [7, 11) is 0. The number of benzene rings is 8. The van der Waals surface area contributed by atoms with Crippen molar-refractivity contribution in [1.82, 2.24) is 9.97 Å². The molecule has 0 radical (unpaired) electrons. The molecule has 3 nitrogen and oxygen atoms in total. The van der Waals surface area contributed by atoms with Crippen LogP contribution >= 0.6 is 0 Å². The van der Waals surface area contributed by atoms with Crippen molar-refractivity contribution in [3.8, 4) is 78.4 Å². The lowest BCUT2D eigenvalue weighted by Gasteiger charge is -2.22. The summed E-state index contributed by atoms with van der Waals surface area (Å²) in [6.45, 7) is 4.65. The van der Waals surface area contributed by atoms with E-state index in [1.54, 1.807) is 0 Å². The molecular formula is C55H38N2O. The van der Waals surface area contributed by atoms with Crippen molar-refractivity contribution in [1.29, 1.82) is 0 Å². The summed E-state index contributed by atoms with van der Waals surface area (Å²) in [5.74, 6) is 0.694. The van der Waals surface area contributed by atoms with Gasteiger partial charge in [0.2, 0.25) is 0 Å². The minimum absolute atomic E-state index is 0.125. The number of fused-ring (bicyclic) bond motifs is 6. The maximum absolute atomic E-state index is 6.38. The Hall–Kier alpha value is -7.36. The summed E-state index contributed by atoms with van der Waals surface area (Å²) in [5.41, 5.74) is 18.5. The van der Waals surface area contributed by atoms with Crippen molar-refractivity contribution in [2.24, 2.45) is 0 Å². The summed E-state index contributed by atoms with van der Waals surface area (Å²) >= 11 is 0. The van der Waals surface area contributed by atoms with E-state index in [0.717, 1.165) is 72.3 Å². The molecule has 1 aliphatic rings. The van der Waals surface area contributed by atoms with Gasteiger partial charge in [-0.1, -0.05) is 159 Å². The van der Waals surface area contributed by atoms with Gasteiger partial charge in [0.1, 0.15) is 11.2 Å². The zero-order valence-electron chi connectivity index (χ0n) is 32.3. The molecule has 8 aromatic carbocycles. The highest BCUT2D eigenvalue weighted by atomic mass is 16.3. The molecule has 0 N–H and O–H groups in total. The van der Waals surface area contributed by atoms with Crippen LogP contribution in [0.3, 0.4) is 0 Å². The zero-order chi connectivity index (χ0) is 38.8. The van der Waals surface area contributed by atoms with Gasteiger partial charge in [0, 0.05) is 32.9 Å². The topological polar surface area (TPSA) is 38.9 Å². The molecule has 0 saturated carbocycles. The molecule has 0 atom stereocenters. The number of rotatable bonds is 6. The second-order valence-corrected chi connectivity index (χ2v) is 15.8. The lowest BCUT2D eigenvalue weighted by atomic mass is 9.82. The Balaban J connectivity index is 1.09. The fourth-order valence-corrected chi connectivity index (χ4v) is 8.82. The summed E-state index contributed by atoms with van der Waals surface area (Å²) in [6.07, 6.45) is 0. The van der Waals surface area contributed by atoms with E-state index in [4.69, 9.17) is 14.4 Å². The quantitative estimate of drug-likeness (QED) is 0.170. The normalized spacial score (nSPS) is 12.8. The Morgan fingerprint density at radius 1 is 0.345 bits per heavy atom. The second-order valence-electron chi connectivity index (χ2n) is 15.8. The Morgan fingerprint density at radius 3 is 1.66 bits per heavy atom. The van der Waals surface area contributed by atoms with E-state index in [9.17, 15) is 0 Å². The molecule has 0 saturated heterocycles. The fraction of sp³-hybridized carbons (Fsp3) is 0.0545. The number of hydrogen-bond acceptors (Lipinski definition) is 3. The summed E-state index contributed by atoms with van der Waals surface area (Å²) in [4.78, 5) is 10.6. The minimum atomic E-state index is -0.125. The van der Waals surface area contributed by atoms with Crippen LogP contribution in [0.25, 0.3) is 100 Å². The SMILES string of the molecule is CC1(C)c2ccccc2-c2ccc(-c3cc(-c4cc(-c5ccc(-c6ccccc6)cc5)cc(-c5ccc6c(c5)oc5ccccc56)c4)nc(-c4ccccc4)n3)cc21. The van der Waals surface area contributed by atoms with E-state index < -0.39 is 0 Å². The monoisotopic (exact) mass is 742 g/mol. The van der Waals surface area contributed by atoms with E-state index in [0.29, 0.717) is 5.82 Å². The number of hydrogen-bond donors (Lipinski definition) is 0. The highest BCUT2D eigenvalue weighted by Gasteiger charge is 2.35. The van der Waals surface area contributed by atoms with Crippen LogP contribution in [0.2, 0.25) is 0 Å². The smallest absolute Gasteiger partial charge is 0.160 e. The molecule has 2 heterocycles. The lowest BCUT2D eigenvalue weighted by Crippen LogP contribution is -2.14. The molecule has 2 aromatic heterocycles. The van der Waals surface area contributed by atoms with Crippen molar-refractivity contribution in [3.63, 3.8) is 0 Å². The van der Waals surface area contributed by atoms with E-state index in [1.807, 2.05) is 30.3 Å². The largest absolute Gasteiger partial charge is 0.456 e. The third-order valence-corrected chi connectivity index (χ3v) is 11.9. The van der Waals surface area contributed by atoms with Gasteiger partial charge in [0.15, 0.2) is 5.82 Å². The van der Waals surface area contributed by atoms with Crippen LogP contribution in [0.4, 0.5) is 0 Å². The van der Waals surface area contributed by atoms with Crippen LogP contribution in [0.1, 0.15) is 25.0 Å². The first-order chi connectivity index (χ1) is 28.5. The number of para-hydroxylation sites is 1. The van der Waals surface area contributed by atoms with Crippen LogP contribution in [0, 0.1) is 0 Å². The third kappa shape index (κ3) is 5.74. The molecule has 0 unspecified atom stereocenters. The van der Waals surface area contributed by atoms with Gasteiger partial charge in [-0.05, 0) is 104 Å². The van der Waals surface area contributed by atoms with Gasteiger partial charge in [-0.2, -0.15) is 0 Å². The van der Waals surface area contributed by atoms with Gasteiger partial charge < -0.3 is 4.42 Å². The standard InChI is InChI=1S/C55H38N2O/c1-55(2)48-19-11-9-17-44(48)45-27-26-40(32-49(45)55)50-34-51(57-54(56-50)38-15-7-4-8-16-38)43-30-41(37-23-21-36(22-24-37)35-13-5-3-6-14-35)29-42(31-43)39-25-28-47-46-18-10-12-20-52(46)58-53(47)33-39/h3-34H,1-2H3. The Labute approximate surface area is 338 Å². The zero-order valence-corrected chi connectivity index (χ0v) is 32.3. The first kappa shape index (κ1) is 33.9. The molecule has 0 bridgehead atoms. The number of nitrogens with zero attached hydrogens (tertiary/aromatic N) is 2. The van der Waals surface area contributed by atoms with Gasteiger partial charge in [0.25, 0.3) is 0 Å². The molecule has 10 aromatic rings. The average Bonchev–Trinajstić information content (AvgIpc) is 3.77. The Morgan fingerprint density at radius 2 is 0.879 bits per heavy atom. The van der Waals surface area contributed by atoms with Gasteiger partial charge in [-0.15, -0.1) is 0 Å². The highest BCUT2D eigenvalue weighted by Crippen LogP contribution is 2.49. The third-order valence-electron chi connectivity index (χ3n) is 11.9. The molecule has 0 fully saturated rings. The number of aromatic nitrogens is 2. The average molecular weight is 743 g/mol. The Bertz CT molecular complexity index is 3180. The van der Waals surface area contributed by atoms with Crippen molar-refractivity contribution in [2.45, 2.75) is 19.3 Å². The first-order valence-corrected chi connectivity index (χ1v) is 19.9. The molecule has 11 rings (SSSR count). The maximum Gasteiger partial charge on any atom is 0.160 e. The predicted octanol–water partition coefficient (Wildman–Crippen LogP) is 14.7. The van der Waals surface area contributed by atoms with E-state index >= 15 is 0 Å². The first-order valence-electron chi connectivity index (χ1n) is 19.9. The van der Waals surface area contributed by atoms with Crippen LogP contribution < -0.4 is 0 Å². The summed E-state index contributed by atoms with van der Waals surface area (Å²) in [6, 6.07) is 69.1. The van der Waals surface area contributed by atoms with Crippen LogP contribution in [-0.4, -0.2) is 9.97 Å². The molecule has 0 aliphatic heterocycles. The summed E-state index contributed by atoms with van der Waals surface area (Å²) < 4.78 is 6.38. The van der Waals surface area contributed by atoms with Gasteiger partial charge >= 0.3 is 0 Å². The summed E-state index contributed by atoms with van der Waals surface area (Å²) in [5, 5.41) is 2.23. The molecule has 1 aliphatic carbocycles. The van der Waals surface area contributed by atoms with Gasteiger partial charge in [0.05, 0.1) is 11.4 Å². The Kier molecular flexibility index (Phi) is 7.84. The lowest BCUT2D eigenvalue weighted by molar-refractivity contribution is 0.660. The van der Waals surface area contributed by atoms with Crippen LogP contribution in [-0.2, 0) is 5.41 Å². The van der Waals surface area contributed by atoms with Crippen LogP contribution in [0.15, 0.2) is 199 Å². The van der Waals surface area contributed by atoms with Crippen molar-refractivity contribution in [3.05, 3.63) is 205 Å². The minimum Gasteiger partial charge on any atom is -0.456 e. The molecular weight excluding hydrogens is 705 g/mol.